The molecule has 5 nitrogen and oxygen atoms in total. The lowest BCUT2D eigenvalue weighted by atomic mass is 10.1. The number of alkyl halides is 3. The number of aromatic nitrogens is 1. The number of aromatic amines is 1. The number of hydrogen-bond donors (Lipinski definition) is 2. The third-order valence-electron chi connectivity index (χ3n) is 3.91. The van der Waals surface area contributed by atoms with Crippen LogP contribution in [0.2, 0.25) is 0 Å². The molecule has 0 saturated heterocycles. The zero-order valence-corrected chi connectivity index (χ0v) is 14.2. The van der Waals surface area contributed by atoms with Crippen LogP contribution in [-0.2, 0) is 16.0 Å². The molecule has 9 heteroatoms. The predicted molar refractivity (Wildman–Crippen MR) is 88.6 cm³/mol. The van der Waals surface area contributed by atoms with E-state index in [1.54, 1.807) is 0 Å². The molecule has 2 aromatic carbocycles. The van der Waals surface area contributed by atoms with Gasteiger partial charge in [0.05, 0.1) is 26.4 Å². The summed E-state index contributed by atoms with van der Waals surface area (Å²) in [4.78, 5) is 14.0. The number of halogens is 3. The predicted octanol–water partition coefficient (Wildman–Crippen LogP) is 3.38. The summed E-state index contributed by atoms with van der Waals surface area (Å²) in [6.45, 7) is 0. The van der Waals surface area contributed by atoms with Crippen molar-refractivity contribution in [2.24, 2.45) is 0 Å². The fourth-order valence-electron chi connectivity index (χ4n) is 2.64. The van der Waals surface area contributed by atoms with Crippen molar-refractivity contribution in [3.63, 3.8) is 0 Å². The minimum Gasteiger partial charge on any atom is -0.359 e. The second-order valence-corrected chi connectivity index (χ2v) is 7.41. The van der Waals surface area contributed by atoms with E-state index in [9.17, 15) is 26.4 Å². The maximum atomic E-state index is 12.9. The van der Waals surface area contributed by atoms with Crippen molar-refractivity contribution < 1.29 is 26.4 Å². The number of benzene rings is 2. The number of amides is 1. The Labute approximate surface area is 146 Å². The van der Waals surface area contributed by atoms with Gasteiger partial charge in [0.25, 0.3) is 5.91 Å². The minimum atomic E-state index is -4.65. The van der Waals surface area contributed by atoms with Crippen molar-refractivity contribution in [3.05, 3.63) is 59.8 Å². The van der Waals surface area contributed by atoms with Crippen LogP contribution in [0.25, 0.3) is 10.9 Å². The Morgan fingerprint density at radius 1 is 1.12 bits per heavy atom. The van der Waals surface area contributed by atoms with Gasteiger partial charge < -0.3 is 10.3 Å². The lowest BCUT2D eigenvalue weighted by Gasteiger charge is -2.09. The van der Waals surface area contributed by atoms with Crippen LogP contribution in [0.15, 0.2) is 58.5 Å². The molecule has 0 fully saturated rings. The molecule has 0 radical (unpaired) electrons. The highest BCUT2D eigenvalue weighted by Crippen LogP contribution is 2.34. The summed E-state index contributed by atoms with van der Waals surface area (Å²) in [5.41, 5.74) is -0.530. The van der Waals surface area contributed by atoms with Crippen molar-refractivity contribution in [2.75, 3.05) is 7.05 Å². The molecule has 1 amide bonds. The van der Waals surface area contributed by atoms with Gasteiger partial charge in [0.1, 0.15) is 0 Å². The van der Waals surface area contributed by atoms with Crippen LogP contribution in [0.3, 0.4) is 0 Å². The van der Waals surface area contributed by atoms with Crippen LogP contribution >= 0.6 is 0 Å². The van der Waals surface area contributed by atoms with Gasteiger partial charge in [-0.15, -0.1) is 0 Å². The smallest absolute Gasteiger partial charge is 0.359 e. The van der Waals surface area contributed by atoms with E-state index in [4.69, 9.17) is 0 Å². The first-order chi connectivity index (χ1) is 12.2. The molecule has 136 valence electrons. The molecular formula is C17H13F3N2O3S. The molecule has 0 atom stereocenters. The van der Waals surface area contributed by atoms with Crippen LogP contribution in [0.4, 0.5) is 13.2 Å². The number of nitrogens with one attached hydrogen (secondary N) is 2. The zero-order chi connectivity index (χ0) is 19.1. The molecule has 26 heavy (non-hydrogen) atoms. The van der Waals surface area contributed by atoms with Crippen molar-refractivity contribution in [3.8, 4) is 0 Å². The summed E-state index contributed by atoms with van der Waals surface area (Å²) in [5.74, 6) is -0.416. The second-order valence-electron chi connectivity index (χ2n) is 5.49. The maximum absolute atomic E-state index is 12.9. The summed E-state index contributed by atoms with van der Waals surface area (Å²) in [7, 11) is -2.78. The number of carbonyl (C=O) groups is 1. The number of hydrogen-bond acceptors (Lipinski definition) is 3. The Balaban J connectivity index is 2.19. The highest BCUT2D eigenvalue weighted by Gasteiger charge is 2.32. The van der Waals surface area contributed by atoms with E-state index in [0.717, 1.165) is 18.2 Å². The summed E-state index contributed by atoms with van der Waals surface area (Å²) in [6, 6.07) is 8.05. The van der Waals surface area contributed by atoms with Crippen LogP contribution in [0, 0.1) is 0 Å². The molecule has 0 aliphatic rings. The first-order valence-corrected chi connectivity index (χ1v) is 8.89. The summed E-state index contributed by atoms with van der Waals surface area (Å²) < 4.78 is 64.4. The number of fused-ring (bicyclic) bond motifs is 1. The monoisotopic (exact) mass is 382 g/mol. The molecule has 0 aliphatic heterocycles. The summed E-state index contributed by atoms with van der Waals surface area (Å²) >= 11 is 0. The number of carbonyl (C=O) groups excluding carboxylic acids is 1. The number of para-hydroxylation sites is 1. The number of rotatable bonds is 3. The van der Waals surface area contributed by atoms with Crippen molar-refractivity contribution >= 4 is 26.6 Å². The molecule has 0 saturated carbocycles. The van der Waals surface area contributed by atoms with Gasteiger partial charge in [0.2, 0.25) is 9.84 Å². The highest BCUT2D eigenvalue weighted by molar-refractivity contribution is 7.91. The first kappa shape index (κ1) is 18.0. The molecule has 1 heterocycles. The lowest BCUT2D eigenvalue weighted by Crippen LogP contribution is -2.18. The minimum absolute atomic E-state index is 0.197. The molecule has 1 aromatic heterocycles. The quantitative estimate of drug-likeness (QED) is 0.729. The SMILES string of the molecule is CNC(=O)c1cccc2c(S(=O)(=O)c3cccc(C(F)(F)F)c3)c[nH]c12. The molecule has 2 N–H and O–H groups in total. The van der Waals surface area contributed by atoms with Gasteiger partial charge in [-0.05, 0) is 24.3 Å². The normalized spacial score (nSPS) is 12.3. The average Bonchev–Trinajstić information content (AvgIpc) is 3.05. The largest absolute Gasteiger partial charge is 0.416 e. The summed E-state index contributed by atoms with van der Waals surface area (Å²) in [6.07, 6.45) is -3.48. The van der Waals surface area contributed by atoms with E-state index >= 15 is 0 Å². The van der Waals surface area contributed by atoms with E-state index in [2.05, 4.69) is 10.3 Å². The van der Waals surface area contributed by atoms with Crippen LogP contribution < -0.4 is 5.32 Å². The Hall–Kier alpha value is -2.81. The number of H-pyrrole nitrogens is 1. The van der Waals surface area contributed by atoms with Gasteiger partial charge in [0.15, 0.2) is 0 Å². The second kappa shape index (κ2) is 6.17. The van der Waals surface area contributed by atoms with Crippen LogP contribution in [0.5, 0.6) is 0 Å². The molecule has 0 spiro atoms. The molecule has 0 bridgehead atoms. The lowest BCUT2D eigenvalue weighted by molar-refractivity contribution is -0.137. The van der Waals surface area contributed by atoms with Gasteiger partial charge in [-0.1, -0.05) is 18.2 Å². The maximum Gasteiger partial charge on any atom is 0.416 e. The van der Waals surface area contributed by atoms with Gasteiger partial charge in [0, 0.05) is 18.6 Å². The van der Waals surface area contributed by atoms with Gasteiger partial charge >= 0.3 is 6.18 Å². The van der Waals surface area contributed by atoms with Crippen LogP contribution in [-0.4, -0.2) is 26.4 Å². The first-order valence-electron chi connectivity index (χ1n) is 7.41. The van der Waals surface area contributed by atoms with Gasteiger partial charge in [-0.2, -0.15) is 13.2 Å². The standard InChI is InChI=1S/C17H13F3N2O3S/c1-21-16(23)13-7-3-6-12-14(9-22-15(12)13)26(24,25)11-5-2-4-10(8-11)17(18,19)20/h2-9,22H,1H3,(H,21,23). The van der Waals surface area contributed by atoms with E-state index in [0.29, 0.717) is 6.07 Å². The third-order valence-corrected chi connectivity index (χ3v) is 5.70. The van der Waals surface area contributed by atoms with E-state index in [1.165, 1.54) is 31.4 Å². The Bertz CT molecular complexity index is 1100. The molecular weight excluding hydrogens is 369 g/mol. The molecule has 3 aromatic rings. The Kier molecular flexibility index (Phi) is 4.27. The number of sulfone groups is 1. The van der Waals surface area contributed by atoms with E-state index in [1.807, 2.05) is 0 Å². The topological polar surface area (TPSA) is 79.0 Å². The zero-order valence-electron chi connectivity index (χ0n) is 13.4. The third kappa shape index (κ3) is 2.94. The molecule has 0 aliphatic carbocycles. The Morgan fingerprint density at radius 2 is 1.81 bits per heavy atom. The van der Waals surface area contributed by atoms with Crippen molar-refractivity contribution in [2.45, 2.75) is 16.0 Å². The van der Waals surface area contributed by atoms with Crippen LogP contribution in [0.1, 0.15) is 15.9 Å². The molecule has 0 unspecified atom stereocenters. The Morgan fingerprint density at radius 3 is 2.46 bits per heavy atom. The van der Waals surface area contributed by atoms with Gasteiger partial charge in [-0.3, -0.25) is 4.79 Å². The fraction of sp³-hybridized carbons (Fsp3) is 0.118. The van der Waals surface area contributed by atoms with E-state index < -0.39 is 32.4 Å². The van der Waals surface area contributed by atoms with Crippen molar-refractivity contribution in [1.29, 1.82) is 0 Å². The van der Waals surface area contributed by atoms with Gasteiger partial charge in [-0.25, -0.2) is 8.42 Å². The van der Waals surface area contributed by atoms with E-state index in [-0.39, 0.29) is 21.4 Å². The van der Waals surface area contributed by atoms with Crippen molar-refractivity contribution in [1.82, 2.24) is 10.3 Å². The molecule has 3 rings (SSSR count). The fourth-order valence-corrected chi connectivity index (χ4v) is 4.11. The average molecular weight is 382 g/mol. The summed E-state index contributed by atoms with van der Waals surface area (Å²) in [5, 5.41) is 2.67. The highest BCUT2D eigenvalue weighted by atomic mass is 32.2.